The van der Waals surface area contributed by atoms with Crippen LogP contribution in [0.2, 0.25) is 0 Å². The molecule has 0 radical (unpaired) electrons. The van der Waals surface area contributed by atoms with Gasteiger partial charge < -0.3 is 13.4 Å². The van der Waals surface area contributed by atoms with Gasteiger partial charge >= 0.3 is 0 Å². The SMILES string of the molecule is c1ccc(-c2cccc(-c3nc(-c4ccc5c(c4)oc4ccccc45)nc(-c4ccc5c(c4)oc4c(-c6cccc7c6c6ccccc6n7-c6ccccc6)cccc45)n3)c2)cc1. The average Bonchev–Trinajstić information content (AvgIpc) is 4.03. The van der Waals surface area contributed by atoms with Crippen molar-refractivity contribution in [2.45, 2.75) is 0 Å². The van der Waals surface area contributed by atoms with E-state index in [1.807, 2.05) is 30.3 Å². The second kappa shape index (κ2) is 14.0. The molecule has 0 amide bonds. The lowest BCUT2D eigenvalue weighted by Crippen LogP contribution is -2.00. The molecule has 0 spiro atoms. The van der Waals surface area contributed by atoms with Crippen LogP contribution in [0, 0.1) is 0 Å². The second-order valence-electron chi connectivity index (χ2n) is 15.9. The number of fused-ring (bicyclic) bond motifs is 9. The molecule has 0 bridgehead atoms. The Balaban J connectivity index is 0.979. The predicted molar refractivity (Wildman–Crippen MR) is 256 cm³/mol. The van der Waals surface area contributed by atoms with E-state index in [2.05, 4.69) is 180 Å². The van der Waals surface area contributed by atoms with Crippen molar-refractivity contribution in [2.75, 3.05) is 0 Å². The molecule has 0 aliphatic rings. The Morgan fingerprint density at radius 1 is 0.317 bits per heavy atom. The number of rotatable bonds is 6. The summed E-state index contributed by atoms with van der Waals surface area (Å²) in [4.78, 5) is 15.4. The average molecular weight is 807 g/mol. The Morgan fingerprint density at radius 2 is 0.841 bits per heavy atom. The normalized spacial score (nSPS) is 11.8. The first-order valence-corrected chi connectivity index (χ1v) is 21.1. The molecule has 63 heavy (non-hydrogen) atoms. The second-order valence-corrected chi connectivity index (χ2v) is 15.9. The van der Waals surface area contributed by atoms with Gasteiger partial charge in [0.25, 0.3) is 0 Å². The molecule has 0 atom stereocenters. The van der Waals surface area contributed by atoms with Gasteiger partial charge in [-0.25, -0.2) is 15.0 Å². The smallest absolute Gasteiger partial charge is 0.164 e. The van der Waals surface area contributed by atoms with Crippen molar-refractivity contribution < 1.29 is 8.83 Å². The minimum absolute atomic E-state index is 0.547. The molecule has 9 aromatic carbocycles. The molecule has 294 valence electrons. The predicted octanol–water partition coefficient (Wildman–Crippen LogP) is 15.1. The summed E-state index contributed by atoms with van der Waals surface area (Å²) < 4.78 is 15.6. The first kappa shape index (κ1) is 35.2. The number of furan rings is 2. The first-order chi connectivity index (χ1) is 31.2. The van der Waals surface area contributed by atoms with Crippen LogP contribution in [0.15, 0.2) is 215 Å². The van der Waals surface area contributed by atoms with Crippen molar-refractivity contribution >= 4 is 65.7 Å². The maximum atomic E-state index is 6.93. The number of hydrogen-bond acceptors (Lipinski definition) is 5. The molecule has 13 rings (SSSR count). The van der Waals surface area contributed by atoms with E-state index >= 15 is 0 Å². The third-order valence-corrected chi connectivity index (χ3v) is 12.3. The Kier molecular flexibility index (Phi) is 7.80. The summed E-state index contributed by atoms with van der Waals surface area (Å²) in [7, 11) is 0. The van der Waals surface area contributed by atoms with Crippen LogP contribution in [0.4, 0.5) is 0 Å². The Labute approximate surface area is 361 Å². The first-order valence-electron chi connectivity index (χ1n) is 21.1. The van der Waals surface area contributed by atoms with Gasteiger partial charge in [-0.05, 0) is 77.4 Å². The molecular formula is C57H34N4O2. The summed E-state index contributed by atoms with van der Waals surface area (Å²) in [6.45, 7) is 0. The Bertz CT molecular complexity index is 3920. The van der Waals surface area contributed by atoms with Crippen LogP contribution in [0.5, 0.6) is 0 Å². The molecule has 0 saturated heterocycles. The highest BCUT2D eigenvalue weighted by atomic mass is 16.3. The Hall–Kier alpha value is -8.61. The van der Waals surface area contributed by atoms with E-state index in [4.69, 9.17) is 23.8 Å². The number of aromatic nitrogens is 4. The lowest BCUT2D eigenvalue weighted by Gasteiger charge is -2.10. The van der Waals surface area contributed by atoms with Gasteiger partial charge in [-0.1, -0.05) is 146 Å². The molecule has 0 fully saturated rings. The number of nitrogens with zero attached hydrogens (tertiary/aromatic N) is 4. The largest absolute Gasteiger partial charge is 0.456 e. The highest BCUT2D eigenvalue weighted by molar-refractivity contribution is 6.19. The molecule has 4 heterocycles. The summed E-state index contributed by atoms with van der Waals surface area (Å²) in [5, 5.41) is 6.58. The van der Waals surface area contributed by atoms with E-state index < -0.39 is 0 Å². The molecule has 0 saturated carbocycles. The highest BCUT2D eigenvalue weighted by Crippen LogP contribution is 2.43. The fourth-order valence-electron chi connectivity index (χ4n) is 9.35. The van der Waals surface area contributed by atoms with Crippen molar-refractivity contribution in [1.29, 1.82) is 0 Å². The molecular weight excluding hydrogens is 773 g/mol. The number of hydrogen-bond donors (Lipinski definition) is 0. The Morgan fingerprint density at radius 3 is 1.62 bits per heavy atom. The summed E-state index contributed by atoms with van der Waals surface area (Å²) in [5.41, 5.74) is 13.6. The van der Waals surface area contributed by atoms with E-state index in [-0.39, 0.29) is 0 Å². The van der Waals surface area contributed by atoms with Crippen LogP contribution in [-0.2, 0) is 0 Å². The number of benzene rings is 9. The van der Waals surface area contributed by atoms with E-state index in [0.29, 0.717) is 17.5 Å². The zero-order chi connectivity index (χ0) is 41.4. The van der Waals surface area contributed by atoms with Gasteiger partial charge in [-0.3, -0.25) is 0 Å². The van der Waals surface area contributed by atoms with Gasteiger partial charge in [0.1, 0.15) is 22.3 Å². The van der Waals surface area contributed by atoms with Crippen molar-refractivity contribution in [1.82, 2.24) is 19.5 Å². The van der Waals surface area contributed by atoms with Crippen LogP contribution in [-0.4, -0.2) is 19.5 Å². The van der Waals surface area contributed by atoms with Gasteiger partial charge in [0, 0.05) is 60.3 Å². The molecule has 0 N–H and O–H groups in total. The molecule has 4 aromatic heterocycles. The molecule has 6 nitrogen and oxygen atoms in total. The van der Waals surface area contributed by atoms with Crippen molar-refractivity contribution in [3.8, 4) is 62.1 Å². The highest BCUT2D eigenvalue weighted by Gasteiger charge is 2.21. The van der Waals surface area contributed by atoms with Gasteiger partial charge in [0.05, 0.1) is 11.0 Å². The van der Waals surface area contributed by atoms with E-state index in [0.717, 1.165) is 99.5 Å². The summed E-state index contributed by atoms with van der Waals surface area (Å²) in [6.07, 6.45) is 0. The van der Waals surface area contributed by atoms with E-state index in [9.17, 15) is 0 Å². The van der Waals surface area contributed by atoms with Crippen LogP contribution in [0.1, 0.15) is 0 Å². The molecule has 0 aliphatic heterocycles. The van der Waals surface area contributed by atoms with E-state index in [1.54, 1.807) is 0 Å². The maximum Gasteiger partial charge on any atom is 0.164 e. The minimum atomic E-state index is 0.547. The van der Waals surface area contributed by atoms with Crippen LogP contribution >= 0.6 is 0 Å². The standard InChI is InChI=1S/C57H34N4O2/c1-3-14-35(15-4-1)36-16-11-17-37(32-36)55-58-56(38-28-30-42-41-20-8-10-27-50(41)62-51(42)33-38)60-57(59-55)39-29-31-43-45-23-12-24-46(54(45)63-52(43)34-39)44-22-13-26-49-53(44)47-21-7-9-25-48(47)61(49)40-18-5-2-6-19-40/h1-34H. The number of para-hydroxylation sites is 4. The van der Waals surface area contributed by atoms with Crippen molar-refractivity contribution in [2.24, 2.45) is 0 Å². The summed E-state index contributed by atoms with van der Waals surface area (Å²) in [5.74, 6) is 1.68. The fourth-order valence-corrected chi connectivity index (χ4v) is 9.35. The monoisotopic (exact) mass is 806 g/mol. The quantitative estimate of drug-likeness (QED) is 0.167. The third kappa shape index (κ3) is 5.69. The molecule has 0 unspecified atom stereocenters. The molecule has 0 aliphatic carbocycles. The van der Waals surface area contributed by atoms with Crippen LogP contribution in [0.25, 0.3) is 128 Å². The van der Waals surface area contributed by atoms with Gasteiger partial charge in [-0.2, -0.15) is 0 Å². The minimum Gasteiger partial charge on any atom is -0.456 e. The fraction of sp³-hybridized carbons (Fsp3) is 0. The third-order valence-electron chi connectivity index (χ3n) is 12.3. The molecule has 13 aromatic rings. The summed E-state index contributed by atoms with van der Waals surface area (Å²) >= 11 is 0. The topological polar surface area (TPSA) is 69.9 Å². The van der Waals surface area contributed by atoms with Crippen LogP contribution in [0.3, 0.4) is 0 Å². The van der Waals surface area contributed by atoms with Gasteiger partial charge in [-0.15, -0.1) is 0 Å². The van der Waals surface area contributed by atoms with Crippen LogP contribution < -0.4 is 0 Å². The van der Waals surface area contributed by atoms with E-state index in [1.165, 1.54) is 10.8 Å². The summed E-state index contributed by atoms with van der Waals surface area (Å²) in [6, 6.07) is 71.5. The lowest BCUT2D eigenvalue weighted by molar-refractivity contribution is 0.669. The maximum absolute atomic E-state index is 6.93. The zero-order valence-electron chi connectivity index (χ0n) is 33.7. The van der Waals surface area contributed by atoms with Crippen molar-refractivity contribution in [3.63, 3.8) is 0 Å². The zero-order valence-corrected chi connectivity index (χ0v) is 33.7. The van der Waals surface area contributed by atoms with Gasteiger partial charge in [0.15, 0.2) is 17.5 Å². The van der Waals surface area contributed by atoms with Crippen molar-refractivity contribution in [3.05, 3.63) is 206 Å². The lowest BCUT2D eigenvalue weighted by atomic mass is 9.97. The molecule has 6 heteroatoms. The van der Waals surface area contributed by atoms with Gasteiger partial charge in [0.2, 0.25) is 0 Å².